The van der Waals surface area contributed by atoms with E-state index in [1.54, 1.807) is 0 Å². The van der Waals surface area contributed by atoms with Gasteiger partial charge in [0.2, 0.25) is 5.91 Å². The fourth-order valence-corrected chi connectivity index (χ4v) is 3.34. The Balaban J connectivity index is 1.52. The molecule has 2 aliphatic rings. The molecule has 2 fully saturated rings. The first-order chi connectivity index (χ1) is 9.74. The summed E-state index contributed by atoms with van der Waals surface area (Å²) in [6, 6.07) is 4.29. The Morgan fingerprint density at radius 2 is 2.05 bits per heavy atom. The van der Waals surface area contributed by atoms with Crippen LogP contribution in [0.3, 0.4) is 0 Å². The van der Waals surface area contributed by atoms with Crippen molar-refractivity contribution < 1.29 is 4.79 Å². The lowest BCUT2D eigenvalue weighted by molar-refractivity contribution is -0.128. The summed E-state index contributed by atoms with van der Waals surface area (Å²) in [6.45, 7) is 1.90. The Morgan fingerprint density at radius 3 is 2.65 bits per heavy atom. The van der Waals surface area contributed by atoms with Crippen molar-refractivity contribution in [3.8, 4) is 0 Å². The predicted molar refractivity (Wildman–Crippen MR) is 82.7 cm³/mol. The normalized spacial score (nSPS) is 20.6. The zero-order valence-electron chi connectivity index (χ0n) is 11.5. The van der Waals surface area contributed by atoms with Crippen molar-refractivity contribution in [2.45, 2.75) is 38.1 Å². The van der Waals surface area contributed by atoms with Gasteiger partial charge in [-0.15, -0.1) is 0 Å². The minimum absolute atomic E-state index is 0.272. The number of halogens is 1. The van der Waals surface area contributed by atoms with Crippen LogP contribution in [0.2, 0.25) is 0 Å². The van der Waals surface area contributed by atoms with E-state index in [1.165, 1.54) is 6.42 Å². The van der Waals surface area contributed by atoms with Gasteiger partial charge >= 0.3 is 0 Å². The lowest BCUT2D eigenvalue weighted by Crippen LogP contribution is -2.47. The number of hydrogen-bond donors (Lipinski definition) is 1. The third-order valence-electron chi connectivity index (χ3n) is 4.36. The smallest absolute Gasteiger partial charge is 0.223 e. The first kappa shape index (κ1) is 13.9. The van der Waals surface area contributed by atoms with Gasteiger partial charge in [-0.1, -0.05) is 6.42 Å². The average Bonchev–Trinajstić information content (AvgIpc) is 2.38. The lowest BCUT2D eigenvalue weighted by Gasteiger charge is -2.35. The van der Waals surface area contributed by atoms with Gasteiger partial charge < -0.3 is 10.2 Å². The van der Waals surface area contributed by atoms with Crippen LogP contribution in [0.15, 0.2) is 22.8 Å². The van der Waals surface area contributed by atoms with E-state index < -0.39 is 0 Å². The molecule has 1 aromatic rings. The maximum Gasteiger partial charge on any atom is 0.223 e. The third kappa shape index (κ3) is 2.97. The standard InChI is InChI=1S/C15H20BrN3O/c16-13-5-2-8-17-14(13)19-9-6-12(7-10-19)18-15(20)11-3-1-4-11/h2,5,8,11-12H,1,3-4,6-7,9-10H2,(H,18,20). The van der Waals surface area contributed by atoms with Crippen LogP contribution in [0.4, 0.5) is 5.82 Å². The second-order valence-corrected chi connectivity index (χ2v) is 6.56. The molecule has 4 nitrogen and oxygen atoms in total. The van der Waals surface area contributed by atoms with E-state index in [1.807, 2.05) is 18.3 Å². The van der Waals surface area contributed by atoms with Gasteiger partial charge in [0.1, 0.15) is 5.82 Å². The first-order valence-electron chi connectivity index (χ1n) is 7.40. The zero-order valence-corrected chi connectivity index (χ0v) is 13.1. The topological polar surface area (TPSA) is 45.2 Å². The summed E-state index contributed by atoms with van der Waals surface area (Å²) in [6.07, 6.45) is 7.19. The van der Waals surface area contributed by atoms with Crippen LogP contribution in [0.1, 0.15) is 32.1 Å². The van der Waals surface area contributed by atoms with E-state index in [9.17, 15) is 4.79 Å². The van der Waals surface area contributed by atoms with Crippen molar-refractivity contribution in [1.29, 1.82) is 0 Å². The van der Waals surface area contributed by atoms with Gasteiger partial charge in [0.15, 0.2) is 0 Å². The largest absolute Gasteiger partial charge is 0.356 e. The second kappa shape index (κ2) is 6.12. The fourth-order valence-electron chi connectivity index (χ4n) is 2.84. The van der Waals surface area contributed by atoms with E-state index in [0.717, 1.165) is 49.1 Å². The molecule has 0 atom stereocenters. The van der Waals surface area contributed by atoms with Crippen LogP contribution >= 0.6 is 15.9 Å². The number of nitrogens with zero attached hydrogens (tertiary/aromatic N) is 2. The van der Waals surface area contributed by atoms with Gasteiger partial charge in [-0.25, -0.2) is 4.98 Å². The first-order valence-corrected chi connectivity index (χ1v) is 8.19. The van der Waals surface area contributed by atoms with Crippen molar-refractivity contribution in [2.24, 2.45) is 5.92 Å². The SMILES string of the molecule is O=C(NC1CCN(c2ncccc2Br)CC1)C1CCC1. The van der Waals surface area contributed by atoms with Gasteiger partial charge in [0.05, 0.1) is 4.47 Å². The number of nitrogens with one attached hydrogen (secondary N) is 1. The Labute approximate surface area is 128 Å². The highest BCUT2D eigenvalue weighted by Crippen LogP contribution is 2.28. The number of amides is 1. The number of pyridine rings is 1. The number of carbonyl (C=O) groups is 1. The molecule has 1 saturated carbocycles. The molecule has 3 rings (SSSR count). The molecule has 0 radical (unpaired) electrons. The zero-order chi connectivity index (χ0) is 13.9. The summed E-state index contributed by atoms with van der Waals surface area (Å²) in [4.78, 5) is 18.7. The molecule has 5 heteroatoms. The van der Waals surface area contributed by atoms with Gasteiger partial charge in [-0.05, 0) is 53.7 Å². The minimum Gasteiger partial charge on any atom is -0.356 e. The summed E-state index contributed by atoms with van der Waals surface area (Å²) >= 11 is 3.55. The minimum atomic E-state index is 0.272. The van der Waals surface area contributed by atoms with Crippen molar-refractivity contribution in [3.05, 3.63) is 22.8 Å². The highest BCUT2D eigenvalue weighted by atomic mass is 79.9. The Kier molecular flexibility index (Phi) is 4.24. The molecule has 0 bridgehead atoms. The van der Waals surface area contributed by atoms with Crippen LogP contribution in [0.25, 0.3) is 0 Å². The van der Waals surface area contributed by atoms with Gasteiger partial charge in [-0.3, -0.25) is 4.79 Å². The van der Waals surface area contributed by atoms with E-state index in [4.69, 9.17) is 0 Å². The quantitative estimate of drug-likeness (QED) is 0.922. The lowest BCUT2D eigenvalue weighted by atomic mass is 9.84. The van der Waals surface area contributed by atoms with Crippen molar-refractivity contribution in [3.63, 3.8) is 0 Å². The molecule has 1 saturated heterocycles. The number of hydrogen-bond acceptors (Lipinski definition) is 3. The molecule has 1 aliphatic heterocycles. The summed E-state index contributed by atoms with van der Waals surface area (Å²) in [5, 5.41) is 3.21. The van der Waals surface area contributed by atoms with Gasteiger partial charge in [0.25, 0.3) is 0 Å². The molecule has 0 unspecified atom stereocenters. The molecule has 2 heterocycles. The maximum absolute atomic E-state index is 12.0. The van der Waals surface area contributed by atoms with E-state index in [2.05, 4.69) is 31.1 Å². The van der Waals surface area contributed by atoms with Crippen molar-refractivity contribution >= 4 is 27.7 Å². The number of rotatable bonds is 3. The van der Waals surface area contributed by atoms with Gasteiger partial charge in [0, 0.05) is 31.2 Å². The maximum atomic E-state index is 12.0. The third-order valence-corrected chi connectivity index (χ3v) is 4.97. The second-order valence-electron chi connectivity index (χ2n) is 5.71. The highest BCUT2D eigenvalue weighted by Gasteiger charge is 2.28. The molecule has 1 amide bonds. The molecule has 0 spiro atoms. The van der Waals surface area contributed by atoms with Crippen molar-refractivity contribution in [2.75, 3.05) is 18.0 Å². The van der Waals surface area contributed by atoms with E-state index >= 15 is 0 Å². The molecule has 1 aliphatic carbocycles. The van der Waals surface area contributed by atoms with Crippen LogP contribution in [0.5, 0.6) is 0 Å². The van der Waals surface area contributed by atoms with Crippen molar-refractivity contribution in [1.82, 2.24) is 10.3 Å². The van der Waals surface area contributed by atoms with Crippen LogP contribution in [-0.4, -0.2) is 30.0 Å². The van der Waals surface area contributed by atoms with Crippen LogP contribution in [-0.2, 0) is 4.79 Å². The molecule has 108 valence electrons. The molecule has 1 aromatic heterocycles. The molecule has 1 N–H and O–H groups in total. The Hall–Kier alpha value is -1.10. The molecular weight excluding hydrogens is 318 g/mol. The highest BCUT2D eigenvalue weighted by molar-refractivity contribution is 9.10. The fraction of sp³-hybridized carbons (Fsp3) is 0.600. The molecular formula is C15H20BrN3O. The summed E-state index contributed by atoms with van der Waals surface area (Å²) < 4.78 is 1.04. The summed E-state index contributed by atoms with van der Waals surface area (Å²) in [5.74, 6) is 1.57. The molecule has 0 aromatic carbocycles. The molecule has 20 heavy (non-hydrogen) atoms. The monoisotopic (exact) mass is 337 g/mol. The van der Waals surface area contributed by atoms with Gasteiger partial charge in [-0.2, -0.15) is 0 Å². The average molecular weight is 338 g/mol. The number of piperidine rings is 1. The predicted octanol–water partition coefficient (Wildman–Crippen LogP) is 2.73. The van der Waals surface area contributed by atoms with Crippen LogP contribution in [0, 0.1) is 5.92 Å². The number of carbonyl (C=O) groups excluding carboxylic acids is 1. The van der Waals surface area contributed by atoms with E-state index in [0.29, 0.717) is 6.04 Å². The number of anilines is 1. The Bertz CT molecular complexity index is 482. The Morgan fingerprint density at radius 1 is 1.30 bits per heavy atom. The summed E-state index contributed by atoms with van der Waals surface area (Å²) in [7, 11) is 0. The number of aromatic nitrogens is 1. The van der Waals surface area contributed by atoms with E-state index in [-0.39, 0.29) is 11.8 Å². The summed E-state index contributed by atoms with van der Waals surface area (Å²) in [5.41, 5.74) is 0. The van der Waals surface area contributed by atoms with Crippen LogP contribution < -0.4 is 10.2 Å².